The van der Waals surface area contributed by atoms with Gasteiger partial charge >= 0.3 is 5.97 Å². The van der Waals surface area contributed by atoms with Crippen molar-refractivity contribution in [2.75, 3.05) is 19.7 Å². The van der Waals surface area contributed by atoms with Crippen molar-refractivity contribution < 1.29 is 22.7 Å². The molecular formula is C18H19NO5S2. The minimum atomic E-state index is -3.62. The quantitative estimate of drug-likeness (QED) is 0.557. The summed E-state index contributed by atoms with van der Waals surface area (Å²) in [6.45, 7) is 0.612. The first-order chi connectivity index (χ1) is 12.5. The number of ketones is 1. The largest absolute Gasteiger partial charge is 0.454 e. The molecule has 6 nitrogen and oxygen atoms in total. The van der Waals surface area contributed by atoms with E-state index in [1.807, 2.05) is 0 Å². The van der Waals surface area contributed by atoms with Gasteiger partial charge in [0.05, 0.1) is 15.3 Å². The number of ether oxygens (including phenoxy) is 1. The first-order valence-electron chi connectivity index (χ1n) is 8.32. The van der Waals surface area contributed by atoms with E-state index in [1.165, 1.54) is 39.9 Å². The lowest BCUT2D eigenvalue weighted by Gasteiger charge is -2.25. The van der Waals surface area contributed by atoms with E-state index in [0.29, 0.717) is 18.0 Å². The van der Waals surface area contributed by atoms with Crippen LogP contribution < -0.4 is 0 Å². The zero-order valence-electron chi connectivity index (χ0n) is 14.1. The molecule has 26 heavy (non-hydrogen) atoms. The molecule has 0 aliphatic carbocycles. The van der Waals surface area contributed by atoms with Crippen LogP contribution in [0.2, 0.25) is 0 Å². The summed E-state index contributed by atoms with van der Waals surface area (Å²) in [5.74, 6) is -1.00. The topological polar surface area (TPSA) is 80.8 Å². The molecule has 2 aromatic rings. The van der Waals surface area contributed by atoms with Crippen LogP contribution in [0.4, 0.5) is 0 Å². The van der Waals surface area contributed by atoms with Crippen molar-refractivity contribution >= 4 is 33.1 Å². The van der Waals surface area contributed by atoms with Crippen LogP contribution in [0.1, 0.15) is 39.3 Å². The Morgan fingerprint density at radius 3 is 2.54 bits per heavy atom. The van der Waals surface area contributed by atoms with Gasteiger partial charge in [0.25, 0.3) is 0 Å². The molecule has 138 valence electrons. The van der Waals surface area contributed by atoms with Crippen LogP contribution in [0.3, 0.4) is 0 Å². The fourth-order valence-corrected chi connectivity index (χ4v) is 4.98. The minimum Gasteiger partial charge on any atom is -0.454 e. The van der Waals surface area contributed by atoms with Gasteiger partial charge in [-0.25, -0.2) is 13.2 Å². The van der Waals surface area contributed by atoms with Crippen molar-refractivity contribution in [1.82, 2.24) is 4.31 Å². The van der Waals surface area contributed by atoms with E-state index in [2.05, 4.69) is 0 Å². The lowest BCUT2D eigenvalue weighted by Crippen LogP contribution is -2.35. The van der Waals surface area contributed by atoms with Crippen molar-refractivity contribution in [3.05, 3.63) is 52.2 Å². The molecule has 1 fully saturated rings. The van der Waals surface area contributed by atoms with Crippen molar-refractivity contribution in [2.24, 2.45) is 0 Å². The fourth-order valence-electron chi connectivity index (χ4n) is 2.76. The highest BCUT2D eigenvalue weighted by Gasteiger charge is 2.26. The van der Waals surface area contributed by atoms with Crippen LogP contribution >= 0.6 is 11.3 Å². The summed E-state index contributed by atoms with van der Waals surface area (Å²) in [5.41, 5.74) is 0.113. The third-order valence-corrected chi connectivity index (χ3v) is 6.96. The predicted molar refractivity (Wildman–Crippen MR) is 98.0 cm³/mol. The van der Waals surface area contributed by atoms with Crippen LogP contribution in [0.15, 0.2) is 46.7 Å². The predicted octanol–water partition coefficient (Wildman–Crippen LogP) is 2.96. The smallest absolute Gasteiger partial charge is 0.338 e. The summed E-state index contributed by atoms with van der Waals surface area (Å²) in [4.78, 5) is 24.7. The maximum atomic E-state index is 12.7. The maximum Gasteiger partial charge on any atom is 0.338 e. The molecule has 0 radical (unpaired) electrons. The van der Waals surface area contributed by atoms with E-state index in [0.717, 1.165) is 19.3 Å². The Bertz CT molecular complexity index is 884. The van der Waals surface area contributed by atoms with Gasteiger partial charge in [0, 0.05) is 13.1 Å². The Morgan fingerprint density at radius 2 is 1.85 bits per heavy atom. The summed E-state index contributed by atoms with van der Waals surface area (Å²) in [6, 6.07) is 9.17. The molecule has 0 saturated carbocycles. The molecule has 0 bridgehead atoms. The highest BCUT2D eigenvalue weighted by molar-refractivity contribution is 7.89. The fraction of sp³-hybridized carbons (Fsp3) is 0.333. The number of piperidine rings is 1. The van der Waals surface area contributed by atoms with Gasteiger partial charge in [0.15, 0.2) is 6.61 Å². The molecule has 2 heterocycles. The second kappa shape index (κ2) is 8.11. The third kappa shape index (κ3) is 4.20. The molecule has 1 aromatic carbocycles. The Morgan fingerprint density at radius 1 is 1.08 bits per heavy atom. The molecule has 0 atom stereocenters. The number of Topliss-reactive ketones (excluding diaryl/α,β-unsaturated/α-hetero) is 1. The van der Waals surface area contributed by atoms with Crippen LogP contribution in [-0.2, 0) is 14.8 Å². The number of hydrogen-bond acceptors (Lipinski definition) is 6. The van der Waals surface area contributed by atoms with Gasteiger partial charge in [-0.1, -0.05) is 18.6 Å². The van der Waals surface area contributed by atoms with Gasteiger partial charge in [0.1, 0.15) is 0 Å². The Hall–Kier alpha value is -2.03. The van der Waals surface area contributed by atoms with Gasteiger partial charge in [0.2, 0.25) is 15.8 Å². The van der Waals surface area contributed by atoms with Gasteiger partial charge in [-0.05, 0) is 42.5 Å². The molecule has 1 aromatic heterocycles. The van der Waals surface area contributed by atoms with Crippen LogP contribution in [0.25, 0.3) is 0 Å². The third-order valence-electron chi connectivity index (χ3n) is 4.15. The van der Waals surface area contributed by atoms with Crippen molar-refractivity contribution in [3.8, 4) is 0 Å². The summed E-state index contributed by atoms with van der Waals surface area (Å²) < 4.78 is 31.9. The number of nitrogens with zero attached hydrogens (tertiary/aromatic N) is 1. The average Bonchev–Trinajstić information content (AvgIpc) is 3.21. The van der Waals surface area contributed by atoms with Crippen LogP contribution in [-0.4, -0.2) is 44.2 Å². The first kappa shape index (κ1) is 18.8. The second-order valence-electron chi connectivity index (χ2n) is 5.97. The van der Waals surface area contributed by atoms with Crippen molar-refractivity contribution in [1.29, 1.82) is 0 Å². The Labute approximate surface area is 156 Å². The maximum absolute atomic E-state index is 12.7. The zero-order chi connectivity index (χ0) is 18.6. The molecular weight excluding hydrogens is 374 g/mol. The van der Waals surface area contributed by atoms with Crippen LogP contribution in [0, 0.1) is 0 Å². The highest BCUT2D eigenvalue weighted by atomic mass is 32.2. The van der Waals surface area contributed by atoms with Crippen LogP contribution in [0.5, 0.6) is 0 Å². The van der Waals surface area contributed by atoms with Crippen molar-refractivity contribution in [3.63, 3.8) is 0 Å². The second-order valence-corrected chi connectivity index (χ2v) is 8.85. The summed E-state index contributed by atoms with van der Waals surface area (Å²) in [5, 5.41) is 1.77. The van der Waals surface area contributed by atoms with Crippen molar-refractivity contribution in [2.45, 2.75) is 24.2 Å². The standard InChI is InChI=1S/C18H19NO5S2/c20-16(17-8-5-11-25-17)13-24-18(21)14-6-4-7-15(12-14)26(22,23)19-9-2-1-3-10-19/h4-8,11-12H,1-3,9-10,13H2. The van der Waals surface area contributed by atoms with E-state index >= 15 is 0 Å². The average molecular weight is 393 g/mol. The zero-order valence-corrected chi connectivity index (χ0v) is 15.7. The molecule has 0 N–H and O–H groups in total. The molecule has 1 aliphatic rings. The Kier molecular flexibility index (Phi) is 5.85. The van der Waals surface area contributed by atoms with Gasteiger partial charge in [-0.15, -0.1) is 11.3 Å². The van der Waals surface area contributed by atoms with E-state index in [4.69, 9.17) is 4.74 Å². The molecule has 0 amide bonds. The van der Waals surface area contributed by atoms with Gasteiger partial charge in [-0.2, -0.15) is 4.31 Å². The molecule has 3 rings (SSSR count). The number of carbonyl (C=O) groups excluding carboxylic acids is 2. The Balaban J connectivity index is 1.70. The minimum absolute atomic E-state index is 0.0680. The summed E-state index contributed by atoms with van der Waals surface area (Å²) in [6.07, 6.45) is 2.70. The highest BCUT2D eigenvalue weighted by Crippen LogP contribution is 2.21. The molecule has 8 heteroatoms. The number of carbonyl (C=O) groups is 2. The van der Waals surface area contributed by atoms with E-state index in [9.17, 15) is 18.0 Å². The summed E-state index contributed by atoms with van der Waals surface area (Å²) >= 11 is 1.27. The molecule has 1 aliphatic heterocycles. The van der Waals surface area contributed by atoms with E-state index in [1.54, 1.807) is 17.5 Å². The monoisotopic (exact) mass is 393 g/mol. The number of esters is 1. The number of rotatable bonds is 6. The lowest BCUT2D eigenvalue weighted by molar-refractivity contribution is 0.0475. The number of thiophene rings is 1. The number of hydrogen-bond donors (Lipinski definition) is 0. The number of sulfonamides is 1. The van der Waals surface area contributed by atoms with E-state index < -0.39 is 16.0 Å². The normalized spacial score (nSPS) is 15.5. The first-order valence-corrected chi connectivity index (χ1v) is 10.6. The molecule has 0 spiro atoms. The van der Waals surface area contributed by atoms with Gasteiger partial charge in [-0.3, -0.25) is 4.79 Å². The molecule has 1 saturated heterocycles. The molecule has 0 unspecified atom stereocenters. The lowest BCUT2D eigenvalue weighted by atomic mass is 10.2. The van der Waals surface area contributed by atoms with Gasteiger partial charge < -0.3 is 4.74 Å². The number of benzene rings is 1. The SMILES string of the molecule is O=C(OCC(=O)c1cccs1)c1cccc(S(=O)(=O)N2CCCCC2)c1. The summed E-state index contributed by atoms with van der Waals surface area (Å²) in [7, 11) is -3.62. The van der Waals surface area contributed by atoms with E-state index in [-0.39, 0.29) is 22.8 Å².